The number of hydrogen-bond acceptors (Lipinski definition) is 9. The summed E-state index contributed by atoms with van der Waals surface area (Å²) in [5.74, 6) is -0.884. The van der Waals surface area contributed by atoms with Crippen molar-refractivity contribution in [3.05, 3.63) is 123 Å². The highest BCUT2D eigenvalue weighted by molar-refractivity contribution is 7.11. The Kier molecular flexibility index (Phi) is 12.5. The first-order chi connectivity index (χ1) is 26.6. The predicted molar refractivity (Wildman–Crippen MR) is 223 cm³/mol. The number of piperidine rings is 1. The summed E-state index contributed by atoms with van der Waals surface area (Å²) in [7, 11) is -3.01. The minimum absolute atomic E-state index is 0.134. The highest BCUT2D eigenvalue weighted by Crippen LogP contribution is 2.42. The average molecular weight is 817 g/mol. The molecule has 3 aromatic carbocycles. The SMILES string of the molecule is CCOC(=O)C1=C(C2CCN(C(=O)OC(C)(C)C)C(CO[Si](c3ccccc3)(c3ccccc3)C(C)(C)C)C2)NC(c2nccs2)=NC1c1ccc(F)cc1Cl. The number of amides is 1. The van der Waals surface area contributed by atoms with Gasteiger partial charge in [0.25, 0.3) is 8.32 Å². The topological polar surface area (TPSA) is 102 Å². The van der Waals surface area contributed by atoms with E-state index in [0.717, 1.165) is 10.4 Å². The van der Waals surface area contributed by atoms with Gasteiger partial charge in [0.15, 0.2) is 10.8 Å². The Hall–Kier alpha value is -4.36. The second-order valence-electron chi connectivity index (χ2n) is 16.1. The minimum Gasteiger partial charge on any atom is -0.463 e. The zero-order chi connectivity index (χ0) is 40.3. The van der Waals surface area contributed by atoms with Crippen LogP contribution in [0.3, 0.4) is 0 Å². The molecule has 56 heavy (non-hydrogen) atoms. The van der Waals surface area contributed by atoms with Gasteiger partial charge in [0, 0.05) is 40.3 Å². The Morgan fingerprint density at radius 3 is 2.21 bits per heavy atom. The lowest BCUT2D eigenvalue weighted by Crippen LogP contribution is -2.67. The zero-order valence-electron chi connectivity index (χ0n) is 33.0. The summed E-state index contributed by atoms with van der Waals surface area (Å²) in [6.07, 6.45) is 2.18. The molecule has 1 N–H and O–H groups in total. The molecule has 1 amide bonds. The van der Waals surface area contributed by atoms with Crippen molar-refractivity contribution in [2.75, 3.05) is 19.8 Å². The Morgan fingerprint density at radius 2 is 1.66 bits per heavy atom. The van der Waals surface area contributed by atoms with Gasteiger partial charge in [-0.3, -0.25) is 4.99 Å². The molecule has 3 heterocycles. The van der Waals surface area contributed by atoms with Gasteiger partial charge < -0.3 is 24.1 Å². The molecular formula is C43H50ClFN4O5SSi. The number of benzene rings is 3. The van der Waals surface area contributed by atoms with E-state index in [-0.39, 0.29) is 34.8 Å². The maximum absolute atomic E-state index is 14.4. The molecule has 0 radical (unpaired) electrons. The van der Waals surface area contributed by atoms with Crippen LogP contribution in [0.2, 0.25) is 10.1 Å². The van der Waals surface area contributed by atoms with Gasteiger partial charge in [-0.05, 0) is 68.1 Å². The van der Waals surface area contributed by atoms with Crippen molar-refractivity contribution >= 4 is 59.5 Å². The molecule has 3 atom stereocenters. The molecule has 6 rings (SSSR count). The summed E-state index contributed by atoms with van der Waals surface area (Å²) >= 11 is 8.08. The molecule has 2 aliphatic heterocycles. The number of aliphatic imine (C=N–C) groups is 1. The van der Waals surface area contributed by atoms with Crippen LogP contribution in [0.1, 0.15) is 77.9 Å². The Morgan fingerprint density at radius 1 is 1.00 bits per heavy atom. The smallest absolute Gasteiger partial charge is 0.410 e. The number of ether oxygens (including phenoxy) is 2. The van der Waals surface area contributed by atoms with Gasteiger partial charge in [0.05, 0.1) is 24.8 Å². The van der Waals surface area contributed by atoms with Crippen LogP contribution >= 0.6 is 22.9 Å². The monoisotopic (exact) mass is 816 g/mol. The normalized spacial score (nSPS) is 19.3. The third kappa shape index (κ3) is 8.78. The van der Waals surface area contributed by atoms with Gasteiger partial charge in [-0.25, -0.2) is 19.0 Å². The standard InChI is InChI=1S/C43H50ClFN4O5SSi/c1-8-52-40(50)35-36(47-38(39-46-22-24-55-39)48-37(35)33-20-19-29(45)26-34(33)44)28-21-23-49(41(51)54-42(2,3)4)30(25-28)27-53-56(43(5,6)7,31-15-11-9-12-16-31)32-17-13-10-14-18-32/h9-20,22,24,26,28,30,37H,8,21,23,25,27H2,1-7H3,(H,47,48). The van der Waals surface area contributed by atoms with E-state index in [4.69, 9.17) is 30.5 Å². The highest BCUT2D eigenvalue weighted by atomic mass is 35.5. The number of carbonyl (C=O) groups excluding carboxylic acids is 2. The van der Waals surface area contributed by atoms with Crippen LogP contribution in [0, 0.1) is 11.7 Å². The van der Waals surface area contributed by atoms with Crippen LogP contribution in [0.25, 0.3) is 0 Å². The number of rotatable bonds is 10. The Balaban J connectivity index is 1.46. The van der Waals surface area contributed by atoms with Crippen molar-refractivity contribution in [2.24, 2.45) is 10.9 Å². The summed E-state index contributed by atoms with van der Waals surface area (Å²) in [6.45, 7) is 14.7. The third-order valence-electron chi connectivity index (χ3n) is 10.1. The lowest BCUT2D eigenvalue weighted by atomic mass is 9.83. The molecule has 0 saturated carbocycles. The molecule has 296 valence electrons. The van der Waals surface area contributed by atoms with E-state index in [0.29, 0.717) is 41.5 Å². The van der Waals surface area contributed by atoms with Crippen molar-refractivity contribution in [3.63, 3.8) is 0 Å². The van der Waals surface area contributed by atoms with Crippen LogP contribution in [-0.2, 0) is 18.7 Å². The van der Waals surface area contributed by atoms with Crippen molar-refractivity contribution in [1.82, 2.24) is 15.2 Å². The number of likely N-dealkylation sites (tertiary alicyclic amines) is 1. The van der Waals surface area contributed by atoms with Crippen LogP contribution in [0.4, 0.5) is 9.18 Å². The van der Waals surface area contributed by atoms with Crippen molar-refractivity contribution in [1.29, 1.82) is 0 Å². The molecule has 13 heteroatoms. The van der Waals surface area contributed by atoms with Gasteiger partial charge in [0.1, 0.15) is 17.5 Å². The van der Waals surface area contributed by atoms with Crippen LogP contribution in [0.15, 0.2) is 107 Å². The number of aromatic nitrogens is 1. The van der Waals surface area contributed by atoms with Crippen molar-refractivity contribution < 1.29 is 27.9 Å². The predicted octanol–water partition coefficient (Wildman–Crippen LogP) is 8.44. The van der Waals surface area contributed by atoms with Gasteiger partial charge in [-0.1, -0.05) is 99.1 Å². The Bertz CT molecular complexity index is 2030. The van der Waals surface area contributed by atoms with E-state index >= 15 is 0 Å². The molecule has 0 aliphatic carbocycles. The largest absolute Gasteiger partial charge is 0.463 e. The van der Waals surface area contributed by atoms with E-state index < -0.39 is 43.9 Å². The fraction of sp³-hybridized carbons (Fsp3) is 0.395. The number of hydrogen-bond donors (Lipinski definition) is 1. The summed E-state index contributed by atoms with van der Waals surface area (Å²) in [4.78, 5) is 39.4. The molecule has 1 aromatic heterocycles. The first kappa shape index (κ1) is 41.3. The first-order valence-corrected chi connectivity index (χ1v) is 22.1. The minimum atomic E-state index is -3.01. The van der Waals surface area contributed by atoms with Crippen molar-refractivity contribution in [2.45, 2.75) is 84.0 Å². The van der Waals surface area contributed by atoms with Crippen LogP contribution in [0.5, 0.6) is 0 Å². The summed E-state index contributed by atoms with van der Waals surface area (Å²) in [5, 5.41) is 8.04. The number of allylic oxidation sites excluding steroid dienone is 1. The van der Waals surface area contributed by atoms with E-state index in [9.17, 15) is 14.0 Å². The number of carbonyl (C=O) groups is 2. The summed E-state index contributed by atoms with van der Waals surface area (Å²) in [5.41, 5.74) is 0.626. The molecule has 4 aromatic rings. The number of thiazole rings is 1. The highest BCUT2D eigenvalue weighted by Gasteiger charge is 2.51. The van der Waals surface area contributed by atoms with Crippen LogP contribution < -0.4 is 15.7 Å². The lowest BCUT2D eigenvalue weighted by molar-refractivity contribution is -0.139. The summed E-state index contributed by atoms with van der Waals surface area (Å²) in [6, 6.07) is 23.5. The van der Waals surface area contributed by atoms with Gasteiger partial charge in [0.2, 0.25) is 0 Å². The molecule has 9 nitrogen and oxygen atoms in total. The Labute approximate surface area is 339 Å². The average Bonchev–Trinajstić information content (AvgIpc) is 3.70. The number of nitrogens with one attached hydrogen (secondary N) is 1. The third-order valence-corrected chi connectivity index (χ3v) is 16.2. The molecule has 1 fully saturated rings. The number of amidine groups is 1. The molecular weight excluding hydrogens is 767 g/mol. The second-order valence-corrected chi connectivity index (χ2v) is 21.7. The second kappa shape index (κ2) is 17.0. The van der Waals surface area contributed by atoms with E-state index in [2.05, 4.69) is 55.3 Å². The number of halogens is 2. The zero-order valence-corrected chi connectivity index (χ0v) is 35.5. The van der Waals surface area contributed by atoms with E-state index in [1.54, 1.807) is 24.1 Å². The first-order valence-electron chi connectivity index (χ1n) is 19.0. The fourth-order valence-electron chi connectivity index (χ4n) is 7.73. The maximum Gasteiger partial charge on any atom is 0.410 e. The van der Waals surface area contributed by atoms with Gasteiger partial charge in [-0.2, -0.15) is 0 Å². The molecule has 1 saturated heterocycles. The van der Waals surface area contributed by atoms with Crippen LogP contribution in [-0.4, -0.2) is 67.5 Å². The van der Waals surface area contributed by atoms with E-state index in [1.807, 2.05) is 62.5 Å². The molecule has 3 unspecified atom stereocenters. The van der Waals surface area contributed by atoms with Gasteiger partial charge in [-0.15, -0.1) is 11.3 Å². The van der Waals surface area contributed by atoms with Gasteiger partial charge >= 0.3 is 12.1 Å². The summed E-state index contributed by atoms with van der Waals surface area (Å²) < 4.78 is 33.4. The van der Waals surface area contributed by atoms with E-state index in [1.165, 1.54) is 23.5 Å². The maximum atomic E-state index is 14.4. The molecule has 0 spiro atoms. The van der Waals surface area contributed by atoms with Crippen molar-refractivity contribution in [3.8, 4) is 0 Å². The number of esters is 1. The lowest BCUT2D eigenvalue weighted by Gasteiger charge is -2.46. The molecule has 0 bridgehead atoms. The fourth-order valence-corrected chi connectivity index (χ4v) is 13.2. The number of nitrogens with zero attached hydrogens (tertiary/aromatic N) is 3. The molecule has 2 aliphatic rings. The quantitative estimate of drug-likeness (QED) is 0.127.